The molecular formula is C22H43N5O2. The van der Waals surface area contributed by atoms with E-state index < -0.39 is 0 Å². The van der Waals surface area contributed by atoms with Gasteiger partial charge in [0.1, 0.15) is 0 Å². The molecule has 0 spiro atoms. The minimum Gasteiger partial charge on any atom is -0.469 e. The molecule has 2 N–H and O–H groups in total. The minimum atomic E-state index is 0.447. The van der Waals surface area contributed by atoms with Gasteiger partial charge < -0.3 is 25.0 Å². The maximum absolute atomic E-state index is 5.54. The van der Waals surface area contributed by atoms with E-state index in [9.17, 15) is 0 Å². The largest absolute Gasteiger partial charge is 0.469 e. The molecule has 0 aromatic heterocycles. The summed E-state index contributed by atoms with van der Waals surface area (Å²) in [5, 5.41) is 6.69. The third-order valence-corrected chi connectivity index (χ3v) is 6.16. The summed E-state index contributed by atoms with van der Waals surface area (Å²) in [4.78, 5) is 11.8. The molecule has 0 atom stereocenters. The molecule has 0 unspecified atom stereocenters. The third-order valence-electron chi connectivity index (χ3n) is 6.16. The maximum Gasteiger partial charge on any atom is 0.284 e. The first-order chi connectivity index (χ1) is 14.2. The second kappa shape index (κ2) is 13.7. The van der Waals surface area contributed by atoms with Crippen molar-refractivity contribution in [3.63, 3.8) is 0 Å². The monoisotopic (exact) mass is 409 g/mol. The van der Waals surface area contributed by atoms with Gasteiger partial charge in [-0.25, -0.2) is 9.98 Å². The highest BCUT2D eigenvalue weighted by Crippen LogP contribution is 2.23. The molecule has 0 aromatic carbocycles. The Bertz CT molecular complexity index is 497. The smallest absolute Gasteiger partial charge is 0.284 e. The molecule has 168 valence electrons. The summed E-state index contributed by atoms with van der Waals surface area (Å²) in [6.07, 6.45) is 12.2. The number of nitrogens with zero attached hydrogens (tertiary/aromatic N) is 3. The minimum absolute atomic E-state index is 0.447. The van der Waals surface area contributed by atoms with Crippen molar-refractivity contribution in [2.45, 2.75) is 89.3 Å². The fourth-order valence-corrected chi connectivity index (χ4v) is 4.39. The van der Waals surface area contributed by atoms with Crippen molar-refractivity contribution in [2.24, 2.45) is 9.98 Å². The van der Waals surface area contributed by atoms with Gasteiger partial charge in [-0.2, -0.15) is 0 Å². The summed E-state index contributed by atoms with van der Waals surface area (Å²) < 4.78 is 10.8. The zero-order chi connectivity index (χ0) is 20.9. The first-order valence-corrected chi connectivity index (χ1v) is 11.6. The van der Waals surface area contributed by atoms with Crippen LogP contribution in [-0.2, 0) is 9.47 Å². The molecule has 7 nitrogen and oxygen atoms in total. The Morgan fingerprint density at radius 1 is 0.966 bits per heavy atom. The molecular weight excluding hydrogens is 366 g/mol. The van der Waals surface area contributed by atoms with Crippen LogP contribution in [0, 0.1) is 0 Å². The van der Waals surface area contributed by atoms with Crippen molar-refractivity contribution in [1.82, 2.24) is 15.5 Å². The van der Waals surface area contributed by atoms with Gasteiger partial charge in [-0.1, -0.05) is 19.3 Å². The van der Waals surface area contributed by atoms with E-state index in [-0.39, 0.29) is 0 Å². The summed E-state index contributed by atoms with van der Waals surface area (Å²) in [7, 11) is 5.64. The van der Waals surface area contributed by atoms with E-state index in [1.54, 1.807) is 14.2 Å². The summed E-state index contributed by atoms with van der Waals surface area (Å²) in [6.45, 7) is 4.75. The highest BCUT2D eigenvalue weighted by Gasteiger charge is 2.25. The molecule has 0 aromatic rings. The molecule has 29 heavy (non-hydrogen) atoms. The van der Waals surface area contributed by atoms with Gasteiger partial charge in [0.05, 0.1) is 20.3 Å². The first kappa shape index (κ1) is 23.8. The molecule has 2 saturated carbocycles. The van der Waals surface area contributed by atoms with Gasteiger partial charge in [0.25, 0.3) is 12.0 Å². The Kier molecular flexibility index (Phi) is 11.2. The fourth-order valence-electron chi connectivity index (χ4n) is 4.39. The molecule has 0 bridgehead atoms. The van der Waals surface area contributed by atoms with Gasteiger partial charge in [0.15, 0.2) is 0 Å². The molecule has 0 aliphatic heterocycles. The van der Waals surface area contributed by atoms with E-state index in [0.717, 1.165) is 32.1 Å². The number of amidine groups is 2. The molecule has 2 aliphatic rings. The van der Waals surface area contributed by atoms with E-state index >= 15 is 0 Å². The Morgan fingerprint density at radius 2 is 1.66 bits per heavy atom. The van der Waals surface area contributed by atoms with Crippen molar-refractivity contribution in [1.29, 1.82) is 0 Å². The highest BCUT2D eigenvalue weighted by atomic mass is 16.5. The van der Waals surface area contributed by atoms with E-state index in [2.05, 4.69) is 27.6 Å². The first-order valence-electron chi connectivity index (χ1n) is 11.6. The van der Waals surface area contributed by atoms with Crippen LogP contribution in [0.1, 0.15) is 71.1 Å². The number of rotatable bonds is 8. The second-order valence-electron chi connectivity index (χ2n) is 8.34. The Hall–Kier alpha value is -1.50. The zero-order valence-electron chi connectivity index (χ0n) is 19.1. The van der Waals surface area contributed by atoms with Crippen molar-refractivity contribution in [2.75, 3.05) is 40.9 Å². The maximum atomic E-state index is 5.54. The fraction of sp³-hybridized carbons (Fsp3) is 0.909. The van der Waals surface area contributed by atoms with Crippen molar-refractivity contribution >= 4 is 12.0 Å². The number of methoxy groups -OCH3 is 2. The molecule has 2 rings (SSSR count). The normalized spacial score (nSPS) is 24.4. The van der Waals surface area contributed by atoms with Gasteiger partial charge in [0.2, 0.25) is 0 Å². The molecule has 2 aliphatic carbocycles. The number of hydrogen-bond donors (Lipinski definition) is 2. The van der Waals surface area contributed by atoms with Gasteiger partial charge >= 0.3 is 0 Å². The Balaban J connectivity index is 1.67. The van der Waals surface area contributed by atoms with E-state index in [1.165, 1.54) is 57.8 Å². The van der Waals surface area contributed by atoms with Crippen LogP contribution in [0.15, 0.2) is 9.98 Å². The molecule has 0 radical (unpaired) electrons. The summed E-state index contributed by atoms with van der Waals surface area (Å²) >= 11 is 0. The van der Waals surface area contributed by atoms with Crippen LogP contribution in [0.2, 0.25) is 0 Å². The molecule has 7 heteroatoms. The van der Waals surface area contributed by atoms with Gasteiger partial charge in [-0.05, 0) is 65.5 Å². The van der Waals surface area contributed by atoms with Crippen LogP contribution >= 0.6 is 0 Å². The third kappa shape index (κ3) is 8.81. The molecule has 0 amide bonds. The molecule has 0 heterocycles. The molecule has 2 fully saturated rings. The predicted octanol–water partition coefficient (Wildman–Crippen LogP) is 3.16. The zero-order valence-corrected chi connectivity index (χ0v) is 19.1. The average Bonchev–Trinajstić information content (AvgIpc) is 2.76. The summed E-state index contributed by atoms with van der Waals surface area (Å²) in [5.74, 6) is 0. The van der Waals surface area contributed by atoms with Crippen LogP contribution in [0.4, 0.5) is 0 Å². The van der Waals surface area contributed by atoms with E-state index in [4.69, 9.17) is 14.5 Å². The number of nitrogens with one attached hydrogen (secondary N) is 2. The number of hydrogen-bond acceptors (Lipinski definition) is 5. The van der Waals surface area contributed by atoms with Gasteiger partial charge in [-0.3, -0.25) is 0 Å². The van der Waals surface area contributed by atoms with Crippen LogP contribution in [0.25, 0.3) is 0 Å². The predicted molar refractivity (Wildman–Crippen MR) is 121 cm³/mol. The highest BCUT2D eigenvalue weighted by molar-refractivity contribution is 5.74. The lowest BCUT2D eigenvalue weighted by atomic mass is 9.90. The van der Waals surface area contributed by atoms with Crippen molar-refractivity contribution in [3.8, 4) is 0 Å². The van der Waals surface area contributed by atoms with Crippen LogP contribution < -0.4 is 10.6 Å². The summed E-state index contributed by atoms with van der Waals surface area (Å²) in [6, 6.07) is 2.99. The summed E-state index contributed by atoms with van der Waals surface area (Å²) in [5.41, 5.74) is 0. The van der Waals surface area contributed by atoms with Crippen LogP contribution in [0.3, 0.4) is 0 Å². The van der Waals surface area contributed by atoms with Crippen molar-refractivity contribution < 1.29 is 9.47 Å². The lowest BCUT2D eigenvalue weighted by Gasteiger charge is -2.35. The Morgan fingerprint density at radius 3 is 2.28 bits per heavy atom. The second-order valence-corrected chi connectivity index (χ2v) is 8.34. The molecule has 0 saturated heterocycles. The van der Waals surface area contributed by atoms with Crippen LogP contribution in [0.5, 0.6) is 0 Å². The lowest BCUT2D eigenvalue weighted by molar-refractivity contribution is 0.176. The standard InChI is InChI=1S/C22H43N5O2/c1-5-23-21(28-3)24-16-9-17-27(2)20-14-12-19(13-15-20)26-22(29-4)25-18-10-7-6-8-11-18/h18-20H,5-17H2,1-4H3,(H,23,24)(H,25,26). The van der Waals surface area contributed by atoms with Crippen molar-refractivity contribution in [3.05, 3.63) is 0 Å². The number of aliphatic imine (C=N–C) groups is 2. The van der Waals surface area contributed by atoms with Gasteiger partial charge in [-0.15, -0.1) is 0 Å². The van der Waals surface area contributed by atoms with Crippen LogP contribution in [-0.4, -0.2) is 76.0 Å². The van der Waals surface area contributed by atoms with Gasteiger partial charge in [0, 0.05) is 25.2 Å². The Labute approximate surface area is 177 Å². The topological polar surface area (TPSA) is 70.5 Å². The van der Waals surface area contributed by atoms with E-state index in [0.29, 0.717) is 24.1 Å². The number of ether oxygens (including phenoxy) is 2. The van der Waals surface area contributed by atoms with E-state index in [1.807, 2.05) is 6.92 Å². The average molecular weight is 410 g/mol. The lowest BCUT2D eigenvalue weighted by Crippen LogP contribution is -2.43. The SMILES string of the molecule is CCNC(=NCCCN(C)C1CCC(NC(=NC2CCCCC2)OC)CC1)OC. The quantitative estimate of drug-likeness (QED) is 0.366.